The minimum Gasteiger partial charge on any atom is -0.445 e. The molecule has 0 radical (unpaired) electrons. The van der Waals surface area contributed by atoms with E-state index in [-0.39, 0.29) is 40.6 Å². The first-order chi connectivity index (χ1) is 17.9. The van der Waals surface area contributed by atoms with Gasteiger partial charge >= 0.3 is 6.09 Å². The van der Waals surface area contributed by atoms with Gasteiger partial charge in [-0.15, -0.1) is 0 Å². The van der Waals surface area contributed by atoms with E-state index in [4.69, 9.17) is 9.47 Å². The van der Waals surface area contributed by atoms with Crippen molar-refractivity contribution in [3.8, 4) is 0 Å². The average molecular weight is 531 g/mol. The number of ketones is 1. The van der Waals surface area contributed by atoms with Gasteiger partial charge in [-0.3, -0.25) is 14.9 Å². The Balaban J connectivity index is 1.49. The Morgan fingerprint density at radius 1 is 1.11 bits per heavy atom. The van der Waals surface area contributed by atoms with Gasteiger partial charge in [0.2, 0.25) is 5.91 Å². The molecule has 1 N–H and O–H groups in total. The fourth-order valence-corrected chi connectivity index (χ4v) is 10.2. The van der Waals surface area contributed by atoms with Gasteiger partial charge in [0.05, 0.1) is 12.0 Å². The number of nitrogens with one attached hydrogen (secondary N) is 1. The molecule has 0 aromatic rings. The van der Waals surface area contributed by atoms with Crippen molar-refractivity contribution in [2.75, 3.05) is 26.7 Å². The second kappa shape index (κ2) is 9.87. The highest BCUT2D eigenvalue weighted by molar-refractivity contribution is 5.93. The van der Waals surface area contributed by atoms with E-state index < -0.39 is 17.6 Å². The van der Waals surface area contributed by atoms with Crippen LogP contribution in [0.1, 0.15) is 86.5 Å². The molecule has 4 unspecified atom stereocenters. The number of ether oxygens (including phenoxy) is 2. The van der Waals surface area contributed by atoms with Crippen molar-refractivity contribution in [1.82, 2.24) is 10.2 Å². The average Bonchev–Trinajstić information content (AvgIpc) is 3.59. The standard InChI is InChI=1S/C31H50N2O5/c1-18(2)14-29(5)15-24(38-28(36)32-27(35)22-17-33-13-10-21(22)16-33)30(6)19(3)8-11-31(20(4)26(29)34)12-9-23(37-7)25(30)31/h18-25H,8-17H2,1-7H3,(H,32,35,36)/t19-,20+,21-,22+,23?,24-,25?,29-,30+,31?/m1/s1. The molecule has 2 aliphatic heterocycles. The van der Waals surface area contributed by atoms with Crippen molar-refractivity contribution in [2.24, 2.45) is 51.8 Å². The lowest BCUT2D eigenvalue weighted by molar-refractivity contribution is -0.193. The van der Waals surface area contributed by atoms with Crippen molar-refractivity contribution in [3.63, 3.8) is 0 Å². The lowest BCUT2D eigenvalue weighted by atomic mass is 9.43. The minimum atomic E-state index is -0.651. The molecule has 4 bridgehead atoms. The lowest BCUT2D eigenvalue weighted by Crippen LogP contribution is -2.63. The Hall–Kier alpha value is -1.47. The molecule has 7 nitrogen and oxygen atoms in total. The van der Waals surface area contributed by atoms with Crippen LogP contribution < -0.4 is 5.32 Å². The summed E-state index contributed by atoms with van der Waals surface area (Å²) in [6, 6.07) is 0. The summed E-state index contributed by atoms with van der Waals surface area (Å²) in [6.45, 7) is 15.9. The third-order valence-electron chi connectivity index (χ3n) is 12.1. The number of carbonyl (C=O) groups is 3. The fourth-order valence-electron chi connectivity index (χ4n) is 10.2. The number of amides is 2. The summed E-state index contributed by atoms with van der Waals surface area (Å²) in [4.78, 5) is 43.2. The van der Waals surface area contributed by atoms with Gasteiger partial charge in [0.1, 0.15) is 11.9 Å². The van der Waals surface area contributed by atoms with Crippen LogP contribution >= 0.6 is 0 Å². The van der Waals surface area contributed by atoms with Crippen LogP contribution in [0, 0.1) is 51.8 Å². The quantitative estimate of drug-likeness (QED) is 0.534. The van der Waals surface area contributed by atoms with Gasteiger partial charge in [-0.05, 0) is 74.7 Å². The molecule has 214 valence electrons. The van der Waals surface area contributed by atoms with Crippen LogP contribution in [0.4, 0.5) is 4.79 Å². The van der Waals surface area contributed by atoms with E-state index in [9.17, 15) is 14.4 Å². The van der Waals surface area contributed by atoms with E-state index in [0.717, 1.165) is 58.2 Å². The molecule has 3 saturated carbocycles. The fraction of sp³-hybridized carbons (Fsp3) is 0.903. The predicted octanol–water partition coefficient (Wildman–Crippen LogP) is 5.07. The lowest BCUT2D eigenvalue weighted by Gasteiger charge is -2.62. The summed E-state index contributed by atoms with van der Waals surface area (Å²) in [7, 11) is 1.79. The van der Waals surface area contributed by atoms with E-state index >= 15 is 0 Å². The van der Waals surface area contributed by atoms with Gasteiger partial charge in [0, 0.05) is 42.9 Å². The maximum absolute atomic E-state index is 14.4. The molecule has 2 heterocycles. The van der Waals surface area contributed by atoms with Gasteiger partial charge in [-0.2, -0.15) is 0 Å². The summed E-state index contributed by atoms with van der Waals surface area (Å²) in [5.74, 6) is 0.979. The van der Waals surface area contributed by atoms with E-state index in [0.29, 0.717) is 30.0 Å². The topological polar surface area (TPSA) is 84.9 Å². The number of fused-ring (bicyclic) bond motifs is 2. The summed E-state index contributed by atoms with van der Waals surface area (Å²) < 4.78 is 12.5. The molecule has 2 saturated heterocycles. The molecule has 0 spiro atoms. The van der Waals surface area contributed by atoms with E-state index in [1.54, 1.807) is 7.11 Å². The van der Waals surface area contributed by atoms with Crippen molar-refractivity contribution in [2.45, 2.75) is 98.7 Å². The summed E-state index contributed by atoms with van der Waals surface area (Å²) in [6.07, 6.45) is 5.08. The highest BCUT2D eigenvalue weighted by Crippen LogP contribution is 2.69. The molecule has 38 heavy (non-hydrogen) atoms. The highest BCUT2D eigenvalue weighted by atomic mass is 16.6. The number of alkyl carbamates (subject to hydrolysis) is 1. The molecule has 11 atom stereocenters. The number of carbonyl (C=O) groups excluding carboxylic acids is 3. The Morgan fingerprint density at radius 2 is 1.82 bits per heavy atom. The van der Waals surface area contributed by atoms with Gasteiger partial charge in [-0.25, -0.2) is 4.79 Å². The van der Waals surface area contributed by atoms with Crippen LogP contribution in [0.25, 0.3) is 0 Å². The molecule has 0 aromatic carbocycles. The smallest absolute Gasteiger partial charge is 0.414 e. The van der Waals surface area contributed by atoms with Gasteiger partial charge in [-0.1, -0.05) is 41.5 Å². The Labute approximate surface area is 229 Å². The number of nitrogens with zero attached hydrogens (tertiary/aromatic N) is 1. The SMILES string of the molecule is COC1CCC23CC[C@@H](C)[C@](C)(C12)[C@H](OC(=O)NC(=O)[C@H]1CN2CC[C@@H]1C2)C[C@@](C)(CC(C)C)C(=O)[C@@H]3C. The first-order valence-electron chi connectivity index (χ1n) is 15.2. The zero-order chi connectivity index (χ0) is 27.6. The zero-order valence-electron chi connectivity index (χ0n) is 24.7. The van der Waals surface area contributed by atoms with Crippen LogP contribution in [0.5, 0.6) is 0 Å². The number of Topliss-reactive ketones (excluding diaryl/α,β-unsaturated/α-hetero) is 1. The van der Waals surface area contributed by atoms with Crippen LogP contribution in [-0.2, 0) is 19.1 Å². The minimum absolute atomic E-state index is 0.0336. The zero-order valence-corrected chi connectivity index (χ0v) is 24.7. The third kappa shape index (κ3) is 4.25. The number of imide groups is 1. The Bertz CT molecular complexity index is 968. The highest BCUT2D eigenvalue weighted by Gasteiger charge is 2.68. The normalized spacial score (nSPS) is 47.9. The predicted molar refractivity (Wildman–Crippen MR) is 145 cm³/mol. The summed E-state index contributed by atoms with van der Waals surface area (Å²) >= 11 is 0. The van der Waals surface area contributed by atoms with Crippen LogP contribution in [-0.4, -0.2) is 61.6 Å². The van der Waals surface area contributed by atoms with Crippen molar-refractivity contribution in [3.05, 3.63) is 0 Å². The maximum Gasteiger partial charge on any atom is 0.414 e. The first kappa shape index (κ1) is 28.1. The molecule has 5 aliphatic rings. The largest absolute Gasteiger partial charge is 0.445 e. The molecule has 0 aromatic heterocycles. The molecule has 5 rings (SSSR count). The van der Waals surface area contributed by atoms with Crippen LogP contribution in [0.15, 0.2) is 0 Å². The third-order valence-corrected chi connectivity index (χ3v) is 12.1. The summed E-state index contributed by atoms with van der Waals surface area (Å²) in [5, 5.41) is 2.62. The van der Waals surface area contributed by atoms with E-state index in [1.165, 1.54) is 0 Å². The van der Waals surface area contributed by atoms with E-state index in [1.807, 2.05) is 0 Å². The van der Waals surface area contributed by atoms with Crippen LogP contribution in [0.2, 0.25) is 0 Å². The number of piperidine rings is 1. The molecule has 2 amide bonds. The molecule has 5 fully saturated rings. The summed E-state index contributed by atoms with van der Waals surface area (Å²) in [5.41, 5.74) is -1.11. The Morgan fingerprint density at radius 3 is 2.42 bits per heavy atom. The van der Waals surface area contributed by atoms with Crippen molar-refractivity contribution >= 4 is 17.8 Å². The maximum atomic E-state index is 14.4. The number of hydrogen-bond donors (Lipinski definition) is 1. The van der Waals surface area contributed by atoms with Gasteiger partial charge in [0.25, 0.3) is 0 Å². The second-order valence-electron chi connectivity index (χ2n) is 14.6. The first-order valence-corrected chi connectivity index (χ1v) is 15.2. The number of methoxy groups -OCH3 is 1. The van der Waals surface area contributed by atoms with E-state index in [2.05, 4.69) is 51.8 Å². The van der Waals surface area contributed by atoms with Crippen LogP contribution in [0.3, 0.4) is 0 Å². The monoisotopic (exact) mass is 530 g/mol. The van der Waals surface area contributed by atoms with Crippen molar-refractivity contribution < 1.29 is 23.9 Å². The Kier molecular flexibility index (Phi) is 7.29. The van der Waals surface area contributed by atoms with Crippen molar-refractivity contribution in [1.29, 1.82) is 0 Å². The van der Waals surface area contributed by atoms with Gasteiger partial charge in [0.15, 0.2) is 0 Å². The number of hydrogen-bond acceptors (Lipinski definition) is 6. The number of rotatable bonds is 5. The molecule has 7 heteroatoms. The van der Waals surface area contributed by atoms with Gasteiger partial charge < -0.3 is 14.4 Å². The molecule has 3 aliphatic carbocycles. The molecular formula is C31H50N2O5. The molecular weight excluding hydrogens is 480 g/mol. The second-order valence-corrected chi connectivity index (χ2v) is 14.6.